The summed E-state index contributed by atoms with van der Waals surface area (Å²) in [5.74, 6) is -0.123. The van der Waals surface area contributed by atoms with Crippen LogP contribution in [0.5, 0.6) is 0 Å². The second-order valence-electron chi connectivity index (χ2n) is 8.47. The Balaban J connectivity index is 1.30. The van der Waals surface area contributed by atoms with Crippen LogP contribution in [0.15, 0.2) is 48.9 Å². The molecule has 3 aromatic rings. The SMILES string of the molecule is O=C(c1cncc(-c2ccn[nH]2)c1Cl)N1CCN2C[C@@](O)(c3ccc(Cl)cc3)CC[C@@H]2C1. The highest BCUT2D eigenvalue weighted by Gasteiger charge is 2.42. The molecule has 0 unspecified atom stereocenters. The van der Waals surface area contributed by atoms with Crippen LogP contribution in [0.2, 0.25) is 10.0 Å². The maximum Gasteiger partial charge on any atom is 0.257 e. The highest BCUT2D eigenvalue weighted by molar-refractivity contribution is 6.36. The summed E-state index contributed by atoms with van der Waals surface area (Å²) in [6.45, 7) is 2.40. The van der Waals surface area contributed by atoms with E-state index in [2.05, 4.69) is 20.1 Å². The molecular weight excluding hydrogens is 449 g/mol. The summed E-state index contributed by atoms with van der Waals surface area (Å²) in [6.07, 6.45) is 6.21. The van der Waals surface area contributed by atoms with Crippen LogP contribution in [0, 0.1) is 0 Å². The third-order valence-corrected chi connectivity index (χ3v) is 7.19. The van der Waals surface area contributed by atoms with Crippen LogP contribution < -0.4 is 0 Å². The highest BCUT2D eigenvalue weighted by atomic mass is 35.5. The van der Waals surface area contributed by atoms with E-state index in [0.717, 1.165) is 17.7 Å². The Morgan fingerprint density at radius 2 is 1.97 bits per heavy atom. The van der Waals surface area contributed by atoms with E-state index in [1.807, 2.05) is 29.2 Å². The van der Waals surface area contributed by atoms with Crippen LogP contribution in [0.4, 0.5) is 0 Å². The number of carbonyl (C=O) groups is 1. The number of pyridine rings is 1. The van der Waals surface area contributed by atoms with E-state index >= 15 is 0 Å². The minimum Gasteiger partial charge on any atom is -0.384 e. The van der Waals surface area contributed by atoms with E-state index in [4.69, 9.17) is 23.2 Å². The molecule has 5 rings (SSSR count). The average molecular weight is 472 g/mol. The summed E-state index contributed by atoms with van der Waals surface area (Å²) < 4.78 is 0. The van der Waals surface area contributed by atoms with Gasteiger partial charge in [-0.25, -0.2) is 0 Å². The number of H-pyrrole nitrogens is 1. The molecule has 0 radical (unpaired) electrons. The van der Waals surface area contributed by atoms with Crippen molar-refractivity contribution in [2.24, 2.45) is 0 Å². The zero-order chi connectivity index (χ0) is 22.3. The third-order valence-electron chi connectivity index (χ3n) is 6.53. The largest absolute Gasteiger partial charge is 0.384 e. The molecule has 2 saturated heterocycles. The lowest BCUT2D eigenvalue weighted by Crippen LogP contribution is -2.60. The molecule has 1 aromatic carbocycles. The first-order chi connectivity index (χ1) is 15.4. The number of hydrogen-bond acceptors (Lipinski definition) is 5. The Hall–Kier alpha value is -2.45. The van der Waals surface area contributed by atoms with Crippen LogP contribution in [0.1, 0.15) is 28.8 Å². The van der Waals surface area contributed by atoms with E-state index in [0.29, 0.717) is 53.8 Å². The molecule has 7 nitrogen and oxygen atoms in total. The van der Waals surface area contributed by atoms with Gasteiger partial charge in [0, 0.05) is 61.4 Å². The number of nitrogens with one attached hydrogen (secondary N) is 1. The number of rotatable bonds is 3. The van der Waals surface area contributed by atoms with Gasteiger partial charge in [0.2, 0.25) is 0 Å². The van der Waals surface area contributed by atoms with Gasteiger partial charge in [-0.15, -0.1) is 0 Å². The number of aromatic amines is 1. The van der Waals surface area contributed by atoms with Crippen LogP contribution in [-0.2, 0) is 5.60 Å². The first kappa shape index (κ1) is 21.4. The smallest absolute Gasteiger partial charge is 0.257 e. The van der Waals surface area contributed by atoms with Gasteiger partial charge in [0.05, 0.1) is 16.3 Å². The lowest BCUT2D eigenvalue weighted by atomic mass is 9.82. The minimum absolute atomic E-state index is 0.123. The first-order valence-corrected chi connectivity index (χ1v) is 11.4. The quantitative estimate of drug-likeness (QED) is 0.609. The molecule has 0 saturated carbocycles. The molecule has 166 valence electrons. The van der Waals surface area contributed by atoms with E-state index < -0.39 is 5.60 Å². The van der Waals surface area contributed by atoms with Gasteiger partial charge in [0.1, 0.15) is 5.60 Å². The number of hydrogen-bond donors (Lipinski definition) is 2. The first-order valence-electron chi connectivity index (χ1n) is 10.6. The summed E-state index contributed by atoms with van der Waals surface area (Å²) in [6, 6.07) is 9.40. The maximum atomic E-state index is 13.3. The van der Waals surface area contributed by atoms with Crippen molar-refractivity contribution >= 4 is 29.1 Å². The molecule has 9 heteroatoms. The molecule has 2 aromatic heterocycles. The minimum atomic E-state index is -0.904. The van der Waals surface area contributed by atoms with Gasteiger partial charge in [-0.1, -0.05) is 35.3 Å². The second-order valence-corrected chi connectivity index (χ2v) is 9.29. The van der Waals surface area contributed by atoms with Crippen LogP contribution in [0.25, 0.3) is 11.3 Å². The van der Waals surface area contributed by atoms with E-state index in [1.165, 1.54) is 6.20 Å². The van der Waals surface area contributed by atoms with Crippen molar-refractivity contribution in [1.82, 2.24) is 25.0 Å². The standard InChI is InChI=1S/C23H23Cl2N5O2/c24-16-3-1-15(2-4-16)23(32)7-5-17-13-29(9-10-30(17)14-23)22(31)19-12-26-11-18(21(19)25)20-6-8-27-28-20/h1-4,6,8,11-12,17,32H,5,7,9-10,13-14H2,(H,27,28)/t17-,23-/m1/s1. The Kier molecular flexibility index (Phi) is 5.67. The summed E-state index contributed by atoms with van der Waals surface area (Å²) in [7, 11) is 0. The van der Waals surface area contributed by atoms with Crippen molar-refractivity contribution in [2.75, 3.05) is 26.2 Å². The zero-order valence-electron chi connectivity index (χ0n) is 17.3. The number of nitrogens with zero attached hydrogens (tertiary/aromatic N) is 4. The molecule has 32 heavy (non-hydrogen) atoms. The fourth-order valence-corrected chi connectivity index (χ4v) is 5.14. The van der Waals surface area contributed by atoms with E-state index in [1.54, 1.807) is 18.5 Å². The number of carbonyl (C=O) groups excluding carboxylic acids is 1. The topological polar surface area (TPSA) is 85.4 Å². The fourth-order valence-electron chi connectivity index (χ4n) is 4.73. The predicted octanol–water partition coefficient (Wildman–Crippen LogP) is 3.59. The Morgan fingerprint density at radius 3 is 2.72 bits per heavy atom. The van der Waals surface area contributed by atoms with Crippen molar-refractivity contribution < 1.29 is 9.90 Å². The predicted molar refractivity (Wildman–Crippen MR) is 123 cm³/mol. The van der Waals surface area contributed by atoms with Gasteiger partial charge in [0.25, 0.3) is 5.91 Å². The third kappa shape index (κ3) is 3.90. The lowest BCUT2D eigenvalue weighted by molar-refractivity contribution is -0.0740. The van der Waals surface area contributed by atoms with E-state index in [-0.39, 0.29) is 11.9 Å². The summed E-state index contributed by atoms with van der Waals surface area (Å²) in [4.78, 5) is 21.6. The Morgan fingerprint density at radius 1 is 1.16 bits per heavy atom. The normalized spacial score (nSPS) is 23.7. The van der Waals surface area contributed by atoms with Gasteiger partial charge in [-0.05, 0) is 36.6 Å². The van der Waals surface area contributed by atoms with Gasteiger partial charge in [-0.2, -0.15) is 5.10 Å². The number of piperidine rings is 1. The van der Waals surface area contributed by atoms with Gasteiger partial charge >= 0.3 is 0 Å². The summed E-state index contributed by atoms with van der Waals surface area (Å²) >= 11 is 12.6. The lowest BCUT2D eigenvalue weighted by Gasteiger charge is -2.49. The number of aliphatic hydroxyl groups is 1. The molecule has 4 heterocycles. The van der Waals surface area contributed by atoms with Crippen molar-refractivity contribution in [2.45, 2.75) is 24.5 Å². The molecule has 1 amide bonds. The summed E-state index contributed by atoms with van der Waals surface area (Å²) in [5.41, 5.74) is 1.74. The second kappa shape index (κ2) is 8.48. The number of halogens is 2. The molecule has 2 atom stereocenters. The molecular formula is C23H23Cl2N5O2. The Labute approximate surface area is 196 Å². The number of fused-ring (bicyclic) bond motifs is 1. The van der Waals surface area contributed by atoms with E-state index in [9.17, 15) is 9.90 Å². The molecule has 2 N–H and O–H groups in total. The van der Waals surface area contributed by atoms with Crippen LogP contribution >= 0.6 is 23.2 Å². The maximum absolute atomic E-state index is 13.3. The Bertz CT molecular complexity index is 1120. The summed E-state index contributed by atoms with van der Waals surface area (Å²) in [5, 5.41) is 19.1. The van der Waals surface area contributed by atoms with Gasteiger partial charge < -0.3 is 10.0 Å². The van der Waals surface area contributed by atoms with Crippen LogP contribution in [-0.4, -0.2) is 68.2 Å². The molecule has 0 spiro atoms. The highest BCUT2D eigenvalue weighted by Crippen LogP contribution is 2.36. The van der Waals surface area contributed by atoms with Gasteiger partial charge in [-0.3, -0.25) is 19.8 Å². The van der Waals surface area contributed by atoms with Gasteiger partial charge in [0.15, 0.2) is 0 Å². The van der Waals surface area contributed by atoms with Crippen LogP contribution in [0.3, 0.4) is 0 Å². The van der Waals surface area contributed by atoms with Crippen molar-refractivity contribution in [3.05, 3.63) is 70.1 Å². The van der Waals surface area contributed by atoms with Crippen molar-refractivity contribution in [3.8, 4) is 11.3 Å². The molecule has 2 aliphatic rings. The molecule has 0 aliphatic carbocycles. The number of piperazine rings is 1. The van der Waals surface area contributed by atoms with Crippen molar-refractivity contribution in [3.63, 3.8) is 0 Å². The van der Waals surface area contributed by atoms with Crippen molar-refractivity contribution in [1.29, 1.82) is 0 Å². The molecule has 0 bridgehead atoms. The average Bonchev–Trinajstić information content (AvgIpc) is 3.33. The fraction of sp³-hybridized carbons (Fsp3) is 0.348. The molecule has 2 fully saturated rings. The molecule has 2 aliphatic heterocycles. The monoisotopic (exact) mass is 471 g/mol. The number of amides is 1. The number of aromatic nitrogens is 3. The number of benzene rings is 1. The zero-order valence-corrected chi connectivity index (χ0v) is 18.9.